The zero-order valence-electron chi connectivity index (χ0n) is 11.5. The summed E-state index contributed by atoms with van der Waals surface area (Å²) in [5.41, 5.74) is 0.313. The summed E-state index contributed by atoms with van der Waals surface area (Å²) in [6.07, 6.45) is 4.24. The van der Waals surface area contributed by atoms with Gasteiger partial charge in [0.2, 0.25) is 0 Å². The van der Waals surface area contributed by atoms with Crippen molar-refractivity contribution in [3.8, 4) is 0 Å². The molecule has 1 aromatic rings. The number of benzene rings is 1. The lowest BCUT2D eigenvalue weighted by Crippen LogP contribution is -1.93. The fraction of sp³-hybridized carbons (Fsp3) is 0.500. The minimum absolute atomic E-state index is 0.0324. The third-order valence-corrected chi connectivity index (χ3v) is 2.49. The number of hydrogen-bond acceptors (Lipinski definition) is 4. The maximum absolute atomic E-state index is 10.3. The third-order valence-electron chi connectivity index (χ3n) is 2.49. The Morgan fingerprint density at radius 1 is 1.32 bits per heavy atom. The number of rotatable bonds is 6. The van der Waals surface area contributed by atoms with Crippen molar-refractivity contribution in [1.82, 2.24) is 0 Å². The number of aliphatic hydroxyl groups excluding tert-OH is 1. The van der Waals surface area contributed by atoms with Gasteiger partial charge in [0.15, 0.2) is 0 Å². The first-order chi connectivity index (χ1) is 9.02. The predicted octanol–water partition coefficient (Wildman–Crippen LogP) is 3.24. The molecular formula is C14H21NO4. The van der Waals surface area contributed by atoms with Crippen molar-refractivity contribution in [2.75, 3.05) is 0 Å². The summed E-state index contributed by atoms with van der Waals surface area (Å²) >= 11 is 0. The molecule has 0 aliphatic carbocycles. The number of aliphatic hydroxyl groups is 1. The Hall–Kier alpha value is -1.75. The smallest absolute Gasteiger partial charge is 0.274 e. The number of carbonyl (C=O) groups excluding carboxylic acids is 1. The van der Waals surface area contributed by atoms with Gasteiger partial charge in [-0.05, 0) is 19.4 Å². The predicted molar refractivity (Wildman–Crippen MR) is 73.8 cm³/mol. The number of nitrogens with zero attached hydrogens (tertiary/aromatic N) is 1. The number of para-hydroxylation sites is 1. The first-order valence-corrected chi connectivity index (χ1v) is 6.35. The van der Waals surface area contributed by atoms with Crippen molar-refractivity contribution in [2.24, 2.45) is 0 Å². The van der Waals surface area contributed by atoms with E-state index in [0.29, 0.717) is 11.3 Å². The summed E-state index contributed by atoms with van der Waals surface area (Å²) < 4.78 is 0. The van der Waals surface area contributed by atoms with Crippen LogP contribution in [0.2, 0.25) is 0 Å². The first-order valence-electron chi connectivity index (χ1n) is 6.35. The second-order valence-electron chi connectivity index (χ2n) is 4.20. The van der Waals surface area contributed by atoms with E-state index in [0.717, 1.165) is 12.8 Å². The van der Waals surface area contributed by atoms with Crippen LogP contribution in [0.15, 0.2) is 24.3 Å². The van der Waals surface area contributed by atoms with Crippen molar-refractivity contribution in [3.63, 3.8) is 0 Å². The van der Waals surface area contributed by atoms with E-state index in [1.807, 2.05) is 0 Å². The zero-order valence-corrected chi connectivity index (χ0v) is 11.5. The van der Waals surface area contributed by atoms with E-state index in [2.05, 4.69) is 6.92 Å². The molecular weight excluding hydrogens is 246 g/mol. The molecule has 0 bridgehead atoms. The van der Waals surface area contributed by atoms with E-state index < -0.39 is 4.92 Å². The number of ketones is 1. The van der Waals surface area contributed by atoms with Gasteiger partial charge in [-0.1, -0.05) is 31.9 Å². The molecule has 0 aliphatic heterocycles. The summed E-state index contributed by atoms with van der Waals surface area (Å²) in [6.45, 7) is 3.49. The maximum Gasteiger partial charge on any atom is 0.274 e. The molecule has 106 valence electrons. The van der Waals surface area contributed by atoms with Gasteiger partial charge in [0.1, 0.15) is 5.78 Å². The van der Waals surface area contributed by atoms with Crippen molar-refractivity contribution in [1.29, 1.82) is 0 Å². The molecule has 0 spiro atoms. The molecule has 1 aromatic carbocycles. The minimum atomic E-state index is -0.508. The minimum Gasteiger partial charge on any atom is -0.391 e. The summed E-state index contributed by atoms with van der Waals surface area (Å²) in [7, 11) is 0. The molecule has 0 aliphatic rings. The van der Waals surface area contributed by atoms with Crippen molar-refractivity contribution in [3.05, 3.63) is 39.9 Å². The Morgan fingerprint density at radius 2 is 1.95 bits per heavy atom. The monoisotopic (exact) mass is 267 g/mol. The molecule has 0 saturated heterocycles. The van der Waals surface area contributed by atoms with Gasteiger partial charge in [0, 0.05) is 12.5 Å². The highest BCUT2D eigenvalue weighted by Crippen LogP contribution is 2.16. The van der Waals surface area contributed by atoms with Gasteiger partial charge in [0.25, 0.3) is 5.69 Å². The largest absolute Gasteiger partial charge is 0.391 e. The molecule has 19 heavy (non-hydrogen) atoms. The molecule has 0 radical (unpaired) electrons. The fourth-order valence-electron chi connectivity index (χ4n) is 1.45. The van der Waals surface area contributed by atoms with Crippen LogP contribution in [0.3, 0.4) is 0 Å². The molecule has 0 aromatic heterocycles. The highest BCUT2D eigenvalue weighted by Gasteiger charge is 2.09. The van der Waals surface area contributed by atoms with Gasteiger partial charge < -0.3 is 9.90 Å². The standard InChI is InChI=1S/C7H7NO3.C7H14O/c9-5-6-3-1-2-4-7(6)8(10)11;1-3-4-5-6-7(2)8/h1-4,9H,5H2;3-6H2,1-2H3. The third kappa shape index (κ3) is 8.05. The van der Waals surface area contributed by atoms with Gasteiger partial charge in [0.05, 0.1) is 17.1 Å². The Morgan fingerprint density at radius 3 is 2.37 bits per heavy atom. The van der Waals surface area contributed by atoms with Gasteiger partial charge in [-0.3, -0.25) is 10.1 Å². The number of unbranched alkanes of at least 4 members (excludes halogenated alkanes) is 2. The fourth-order valence-corrected chi connectivity index (χ4v) is 1.45. The Kier molecular flexibility index (Phi) is 9.26. The number of hydrogen-bond donors (Lipinski definition) is 1. The van der Waals surface area contributed by atoms with E-state index in [1.54, 1.807) is 19.1 Å². The van der Waals surface area contributed by atoms with Crippen LogP contribution in [-0.2, 0) is 11.4 Å². The maximum atomic E-state index is 10.3. The average molecular weight is 267 g/mol. The molecule has 1 N–H and O–H groups in total. The molecule has 0 atom stereocenters. The highest BCUT2D eigenvalue weighted by atomic mass is 16.6. The Bertz CT molecular complexity index is 404. The van der Waals surface area contributed by atoms with Crippen LogP contribution in [0, 0.1) is 10.1 Å². The van der Waals surface area contributed by atoms with Crippen molar-refractivity contribution < 1.29 is 14.8 Å². The summed E-state index contributed by atoms with van der Waals surface area (Å²) in [4.78, 5) is 20.1. The summed E-state index contributed by atoms with van der Waals surface area (Å²) in [6, 6.07) is 6.11. The lowest BCUT2D eigenvalue weighted by atomic mass is 10.2. The second kappa shape index (κ2) is 10.2. The Labute approximate surface area is 113 Å². The van der Waals surface area contributed by atoms with Gasteiger partial charge in [-0.25, -0.2) is 0 Å². The van der Waals surface area contributed by atoms with E-state index in [-0.39, 0.29) is 12.3 Å². The molecule has 5 nitrogen and oxygen atoms in total. The molecule has 0 heterocycles. The van der Waals surface area contributed by atoms with Crippen LogP contribution in [0.25, 0.3) is 0 Å². The topological polar surface area (TPSA) is 80.4 Å². The van der Waals surface area contributed by atoms with E-state index >= 15 is 0 Å². The molecule has 0 amide bonds. The highest BCUT2D eigenvalue weighted by molar-refractivity contribution is 5.75. The average Bonchev–Trinajstić information content (AvgIpc) is 2.39. The van der Waals surface area contributed by atoms with Gasteiger partial charge in [-0.15, -0.1) is 0 Å². The molecule has 0 saturated carbocycles. The van der Waals surface area contributed by atoms with Crippen LogP contribution in [-0.4, -0.2) is 15.8 Å². The van der Waals surface area contributed by atoms with Crippen molar-refractivity contribution in [2.45, 2.75) is 46.1 Å². The Balaban J connectivity index is 0.000000362. The van der Waals surface area contributed by atoms with Crippen LogP contribution in [0.1, 0.15) is 45.1 Å². The quantitative estimate of drug-likeness (QED) is 0.487. The second-order valence-corrected chi connectivity index (χ2v) is 4.20. The van der Waals surface area contributed by atoms with E-state index in [1.165, 1.54) is 25.0 Å². The van der Waals surface area contributed by atoms with Crippen LogP contribution in [0.4, 0.5) is 5.69 Å². The van der Waals surface area contributed by atoms with Crippen molar-refractivity contribution >= 4 is 11.5 Å². The molecule has 0 fully saturated rings. The number of nitro groups is 1. The number of carbonyl (C=O) groups is 1. The van der Waals surface area contributed by atoms with E-state index in [4.69, 9.17) is 5.11 Å². The van der Waals surface area contributed by atoms with Crippen LogP contribution < -0.4 is 0 Å². The van der Waals surface area contributed by atoms with Crippen LogP contribution in [0.5, 0.6) is 0 Å². The molecule has 5 heteroatoms. The molecule has 0 unspecified atom stereocenters. The number of Topliss-reactive ketones (excluding diaryl/α,β-unsaturated/α-hetero) is 1. The lowest BCUT2D eigenvalue weighted by Gasteiger charge is -1.96. The molecule has 1 rings (SSSR count). The SMILES string of the molecule is CCCCCC(C)=O.O=[N+]([O-])c1ccccc1CO. The van der Waals surface area contributed by atoms with E-state index in [9.17, 15) is 14.9 Å². The lowest BCUT2D eigenvalue weighted by molar-refractivity contribution is -0.385. The van der Waals surface area contributed by atoms with Gasteiger partial charge in [-0.2, -0.15) is 0 Å². The summed E-state index contributed by atoms with van der Waals surface area (Å²) in [5.74, 6) is 0.318. The summed E-state index contributed by atoms with van der Waals surface area (Å²) in [5, 5.41) is 18.9. The normalized spacial score (nSPS) is 9.42. The van der Waals surface area contributed by atoms with Gasteiger partial charge >= 0.3 is 0 Å². The van der Waals surface area contributed by atoms with Crippen LogP contribution >= 0.6 is 0 Å². The number of nitro benzene ring substituents is 1. The first kappa shape index (κ1) is 17.2. The zero-order chi connectivity index (χ0) is 14.7.